The highest BCUT2D eigenvalue weighted by Crippen LogP contribution is 2.26. The Balaban J connectivity index is 2.26. The highest BCUT2D eigenvalue weighted by atomic mass is 16.6. The molecule has 0 N–H and O–H groups in total. The highest BCUT2D eigenvalue weighted by molar-refractivity contribution is 5.78. The Bertz CT molecular complexity index is 461. The second-order valence-corrected chi connectivity index (χ2v) is 3.90. The third-order valence-corrected chi connectivity index (χ3v) is 3.00. The zero-order valence-corrected chi connectivity index (χ0v) is 7.99. The van der Waals surface area contributed by atoms with Gasteiger partial charge in [-0.2, -0.15) is 0 Å². The molecule has 0 unspecified atom stereocenters. The van der Waals surface area contributed by atoms with Crippen molar-refractivity contribution in [1.82, 2.24) is 10.3 Å². The van der Waals surface area contributed by atoms with E-state index in [0.29, 0.717) is 0 Å². The average Bonchev–Trinajstić information content (AvgIpc) is 2.55. The van der Waals surface area contributed by atoms with Gasteiger partial charge in [-0.15, -0.1) is 0 Å². The fourth-order valence-corrected chi connectivity index (χ4v) is 2.25. The number of rotatable bonds is 0. The van der Waals surface area contributed by atoms with Crippen LogP contribution in [0.1, 0.15) is 30.4 Å². The Morgan fingerprint density at radius 2 is 1.93 bits per heavy atom. The van der Waals surface area contributed by atoms with Gasteiger partial charge in [0.2, 0.25) is 0 Å². The summed E-state index contributed by atoms with van der Waals surface area (Å²) in [4.78, 5) is 0. The number of benzene rings is 1. The molecule has 1 aromatic heterocycles. The lowest BCUT2D eigenvalue weighted by Crippen LogP contribution is -1.92. The lowest BCUT2D eigenvalue weighted by atomic mass is 10.0. The van der Waals surface area contributed by atoms with Crippen LogP contribution in [0.4, 0.5) is 0 Å². The van der Waals surface area contributed by atoms with Crippen LogP contribution >= 0.6 is 0 Å². The molecular weight excluding hydrogens is 176 g/mol. The van der Waals surface area contributed by atoms with Gasteiger partial charge in [-0.05, 0) is 53.2 Å². The second-order valence-electron chi connectivity index (χ2n) is 3.90. The monoisotopic (exact) mass is 188 g/mol. The van der Waals surface area contributed by atoms with Gasteiger partial charge in [-0.3, -0.25) is 0 Å². The molecule has 0 amide bonds. The van der Waals surface area contributed by atoms with E-state index in [1.54, 1.807) is 0 Å². The standard InChI is InChI=1S/C11H12N2O/c1-2-4-8-6-7-10-11(13-14-12-10)9(8)5-3-1/h6-7H,1-5H2. The summed E-state index contributed by atoms with van der Waals surface area (Å²) in [6, 6.07) is 4.18. The molecule has 72 valence electrons. The zero-order chi connectivity index (χ0) is 9.38. The maximum absolute atomic E-state index is 4.77. The third-order valence-electron chi connectivity index (χ3n) is 3.00. The molecule has 0 bridgehead atoms. The van der Waals surface area contributed by atoms with E-state index < -0.39 is 0 Å². The Morgan fingerprint density at radius 1 is 1.00 bits per heavy atom. The van der Waals surface area contributed by atoms with E-state index in [-0.39, 0.29) is 0 Å². The first-order valence-corrected chi connectivity index (χ1v) is 5.18. The molecule has 0 fully saturated rings. The minimum absolute atomic E-state index is 0.894. The summed E-state index contributed by atoms with van der Waals surface area (Å²) in [7, 11) is 0. The summed E-state index contributed by atoms with van der Waals surface area (Å²) in [6.07, 6.45) is 6.18. The molecule has 2 aromatic rings. The normalized spacial score (nSPS) is 16.6. The average molecular weight is 188 g/mol. The van der Waals surface area contributed by atoms with Crippen molar-refractivity contribution < 1.29 is 4.63 Å². The van der Waals surface area contributed by atoms with Gasteiger partial charge in [-0.25, -0.2) is 4.63 Å². The first kappa shape index (κ1) is 7.97. The van der Waals surface area contributed by atoms with Crippen LogP contribution in [0.2, 0.25) is 0 Å². The molecule has 14 heavy (non-hydrogen) atoms. The number of aromatic nitrogens is 2. The largest absolute Gasteiger partial charge is 0.243 e. The molecule has 3 nitrogen and oxygen atoms in total. The number of fused-ring (bicyclic) bond motifs is 3. The van der Waals surface area contributed by atoms with Crippen LogP contribution in [0.5, 0.6) is 0 Å². The topological polar surface area (TPSA) is 38.9 Å². The molecule has 1 aliphatic rings. The zero-order valence-electron chi connectivity index (χ0n) is 7.99. The summed E-state index contributed by atoms with van der Waals surface area (Å²) in [6.45, 7) is 0. The van der Waals surface area contributed by atoms with Crippen LogP contribution in [0.25, 0.3) is 11.0 Å². The van der Waals surface area contributed by atoms with Crippen molar-refractivity contribution in [3.63, 3.8) is 0 Å². The van der Waals surface area contributed by atoms with E-state index in [4.69, 9.17) is 4.63 Å². The first-order valence-electron chi connectivity index (χ1n) is 5.18. The predicted molar refractivity (Wildman–Crippen MR) is 53.1 cm³/mol. The van der Waals surface area contributed by atoms with Crippen LogP contribution in [-0.4, -0.2) is 10.3 Å². The van der Waals surface area contributed by atoms with Crippen LogP contribution < -0.4 is 0 Å². The molecule has 0 atom stereocenters. The third kappa shape index (κ3) is 1.12. The fraction of sp³-hybridized carbons (Fsp3) is 0.455. The molecule has 1 heterocycles. The lowest BCUT2D eigenvalue weighted by molar-refractivity contribution is 0.315. The van der Waals surface area contributed by atoms with Crippen molar-refractivity contribution in [2.45, 2.75) is 32.1 Å². The Hall–Kier alpha value is -1.38. The second kappa shape index (κ2) is 3.08. The van der Waals surface area contributed by atoms with Crippen LogP contribution in [0, 0.1) is 0 Å². The van der Waals surface area contributed by atoms with E-state index in [2.05, 4.69) is 16.4 Å². The van der Waals surface area contributed by atoms with E-state index >= 15 is 0 Å². The van der Waals surface area contributed by atoms with E-state index in [0.717, 1.165) is 17.5 Å². The Morgan fingerprint density at radius 3 is 2.93 bits per heavy atom. The summed E-state index contributed by atoms with van der Waals surface area (Å²) in [5.74, 6) is 0. The van der Waals surface area contributed by atoms with Crippen molar-refractivity contribution in [2.24, 2.45) is 0 Å². The van der Waals surface area contributed by atoms with E-state index in [1.807, 2.05) is 6.07 Å². The maximum atomic E-state index is 4.77. The predicted octanol–water partition coefficient (Wildman–Crippen LogP) is 2.49. The molecule has 1 aromatic carbocycles. The summed E-state index contributed by atoms with van der Waals surface area (Å²) < 4.78 is 4.77. The van der Waals surface area contributed by atoms with Gasteiger partial charge in [0, 0.05) is 0 Å². The van der Waals surface area contributed by atoms with Gasteiger partial charge >= 0.3 is 0 Å². The number of aryl methyl sites for hydroxylation is 2. The molecular formula is C11H12N2O. The smallest absolute Gasteiger partial charge is 0.138 e. The summed E-state index contributed by atoms with van der Waals surface area (Å²) in [5, 5.41) is 7.86. The minimum atomic E-state index is 0.894. The number of hydrogen-bond donors (Lipinski definition) is 0. The van der Waals surface area contributed by atoms with Gasteiger partial charge in [0.05, 0.1) is 0 Å². The summed E-state index contributed by atoms with van der Waals surface area (Å²) in [5.41, 5.74) is 4.67. The molecule has 3 rings (SSSR count). The van der Waals surface area contributed by atoms with Crippen molar-refractivity contribution in [3.05, 3.63) is 23.3 Å². The van der Waals surface area contributed by atoms with Gasteiger partial charge in [0.1, 0.15) is 11.0 Å². The maximum Gasteiger partial charge on any atom is 0.138 e. The lowest BCUT2D eigenvalue weighted by Gasteiger charge is -2.03. The highest BCUT2D eigenvalue weighted by Gasteiger charge is 2.13. The quantitative estimate of drug-likeness (QED) is 0.596. The van der Waals surface area contributed by atoms with Gasteiger partial charge in [0.25, 0.3) is 0 Å². The van der Waals surface area contributed by atoms with E-state index in [9.17, 15) is 0 Å². The van der Waals surface area contributed by atoms with Crippen molar-refractivity contribution >= 4 is 11.0 Å². The summed E-state index contributed by atoms with van der Waals surface area (Å²) >= 11 is 0. The molecule has 3 heteroatoms. The first-order chi connectivity index (χ1) is 6.95. The van der Waals surface area contributed by atoms with Gasteiger partial charge in [-0.1, -0.05) is 12.5 Å². The SMILES string of the molecule is c1cc2nonc2c2c1CCCCC2. The molecule has 0 radical (unpaired) electrons. The number of hydrogen-bond acceptors (Lipinski definition) is 3. The molecule has 0 spiro atoms. The Labute approximate surface area is 82.1 Å². The Kier molecular flexibility index (Phi) is 1.76. The molecule has 0 saturated heterocycles. The van der Waals surface area contributed by atoms with Crippen molar-refractivity contribution in [2.75, 3.05) is 0 Å². The van der Waals surface area contributed by atoms with Crippen LogP contribution in [-0.2, 0) is 12.8 Å². The van der Waals surface area contributed by atoms with Crippen molar-refractivity contribution in [3.8, 4) is 0 Å². The van der Waals surface area contributed by atoms with Crippen LogP contribution in [0.15, 0.2) is 16.8 Å². The van der Waals surface area contributed by atoms with E-state index in [1.165, 1.54) is 36.8 Å². The fourth-order valence-electron chi connectivity index (χ4n) is 2.25. The molecule has 1 aliphatic carbocycles. The van der Waals surface area contributed by atoms with Crippen molar-refractivity contribution in [1.29, 1.82) is 0 Å². The van der Waals surface area contributed by atoms with Gasteiger partial charge < -0.3 is 0 Å². The molecule has 0 saturated carbocycles. The van der Waals surface area contributed by atoms with Gasteiger partial charge in [0.15, 0.2) is 0 Å². The molecule has 0 aliphatic heterocycles. The van der Waals surface area contributed by atoms with Crippen LogP contribution in [0.3, 0.4) is 0 Å². The minimum Gasteiger partial charge on any atom is -0.243 e. The number of nitrogens with zero attached hydrogens (tertiary/aromatic N) is 2.